The molecule has 0 amide bonds. The van der Waals surface area contributed by atoms with Crippen molar-refractivity contribution < 1.29 is 13.2 Å². The normalized spacial score (nSPS) is 12.1. The molecule has 3 nitrogen and oxygen atoms in total. The van der Waals surface area contributed by atoms with Crippen molar-refractivity contribution in [3.05, 3.63) is 16.4 Å². The number of hydrogen-bond donors (Lipinski definition) is 1. The van der Waals surface area contributed by atoms with Gasteiger partial charge < -0.3 is 5.32 Å². The summed E-state index contributed by atoms with van der Waals surface area (Å²) in [5.41, 5.74) is 1.77. The van der Waals surface area contributed by atoms with E-state index in [1.54, 1.807) is 0 Å². The average molecular weight is 312 g/mol. The summed E-state index contributed by atoms with van der Waals surface area (Å²) in [6, 6.07) is 0. The van der Waals surface area contributed by atoms with E-state index in [4.69, 9.17) is 11.6 Å². The quantitative estimate of drug-likeness (QED) is 0.737. The first-order valence-electron chi connectivity index (χ1n) is 6.90. The lowest BCUT2D eigenvalue weighted by molar-refractivity contribution is -0.135. The maximum absolute atomic E-state index is 12.0. The fourth-order valence-electron chi connectivity index (χ4n) is 1.97. The van der Waals surface area contributed by atoms with Crippen LogP contribution in [0.4, 0.5) is 13.2 Å². The number of rotatable bonds is 8. The molecule has 7 heteroatoms. The predicted octanol–water partition coefficient (Wildman–Crippen LogP) is 3.94. The van der Waals surface area contributed by atoms with E-state index in [1.807, 2.05) is 18.5 Å². The second kappa shape index (κ2) is 7.88. The highest BCUT2D eigenvalue weighted by Crippen LogP contribution is 2.23. The Kier molecular flexibility index (Phi) is 6.82. The van der Waals surface area contributed by atoms with Crippen LogP contribution in [0.3, 0.4) is 0 Å². The molecule has 0 radical (unpaired) electrons. The minimum atomic E-state index is -4.06. The van der Waals surface area contributed by atoms with Gasteiger partial charge in [-0.15, -0.1) is 0 Å². The van der Waals surface area contributed by atoms with Crippen LogP contribution < -0.4 is 5.32 Å². The SMILES string of the molecule is CCc1nn(CC)c(CNCCCCC(F)(F)F)c1Cl. The van der Waals surface area contributed by atoms with Crippen LogP contribution in [-0.4, -0.2) is 22.5 Å². The highest BCUT2D eigenvalue weighted by Gasteiger charge is 2.25. The van der Waals surface area contributed by atoms with Crippen LogP contribution >= 0.6 is 11.6 Å². The first-order chi connectivity index (χ1) is 9.39. The summed E-state index contributed by atoms with van der Waals surface area (Å²) in [6.07, 6.45) is -3.36. The molecule has 0 fully saturated rings. The smallest absolute Gasteiger partial charge is 0.311 e. The number of nitrogens with zero attached hydrogens (tertiary/aromatic N) is 2. The molecule has 0 saturated carbocycles. The Balaban J connectivity index is 2.37. The molecule has 0 aliphatic rings. The van der Waals surface area contributed by atoms with Crippen molar-refractivity contribution >= 4 is 11.6 Å². The molecule has 0 atom stereocenters. The van der Waals surface area contributed by atoms with Gasteiger partial charge in [-0.1, -0.05) is 18.5 Å². The molecule has 0 aliphatic heterocycles. The topological polar surface area (TPSA) is 29.9 Å². The van der Waals surface area contributed by atoms with E-state index in [0.717, 1.165) is 24.4 Å². The molecule has 1 heterocycles. The Labute approximate surface area is 122 Å². The molecule has 1 aromatic rings. The maximum atomic E-state index is 12.0. The van der Waals surface area contributed by atoms with E-state index in [1.165, 1.54) is 0 Å². The largest absolute Gasteiger partial charge is 0.389 e. The lowest BCUT2D eigenvalue weighted by Gasteiger charge is -2.08. The molecule has 1 rings (SSSR count). The van der Waals surface area contributed by atoms with Gasteiger partial charge in [0.05, 0.1) is 16.4 Å². The summed E-state index contributed by atoms with van der Waals surface area (Å²) in [6.45, 7) is 5.78. The van der Waals surface area contributed by atoms with Gasteiger partial charge >= 0.3 is 6.18 Å². The third-order valence-electron chi connectivity index (χ3n) is 3.05. The Morgan fingerprint density at radius 2 is 1.95 bits per heavy atom. The number of alkyl halides is 3. The molecule has 0 unspecified atom stereocenters. The van der Waals surface area contributed by atoms with Gasteiger partial charge in [0.1, 0.15) is 0 Å². The lowest BCUT2D eigenvalue weighted by atomic mass is 10.2. The molecule has 1 N–H and O–H groups in total. The minimum absolute atomic E-state index is 0.150. The Hall–Kier alpha value is -0.750. The van der Waals surface area contributed by atoms with E-state index in [9.17, 15) is 13.2 Å². The van der Waals surface area contributed by atoms with E-state index >= 15 is 0 Å². The van der Waals surface area contributed by atoms with Crippen molar-refractivity contribution in [3.8, 4) is 0 Å². The van der Waals surface area contributed by atoms with E-state index in [-0.39, 0.29) is 6.42 Å². The fraction of sp³-hybridized carbons (Fsp3) is 0.769. The second-order valence-corrected chi connectivity index (χ2v) is 5.00. The van der Waals surface area contributed by atoms with Crippen molar-refractivity contribution in [3.63, 3.8) is 0 Å². The van der Waals surface area contributed by atoms with E-state index in [2.05, 4.69) is 10.4 Å². The summed E-state index contributed by atoms with van der Waals surface area (Å²) in [5.74, 6) is 0. The summed E-state index contributed by atoms with van der Waals surface area (Å²) in [4.78, 5) is 0. The number of aromatic nitrogens is 2. The Bertz CT molecular complexity index is 416. The first-order valence-corrected chi connectivity index (χ1v) is 7.28. The molecule has 116 valence electrons. The van der Waals surface area contributed by atoms with Gasteiger partial charge in [0, 0.05) is 19.5 Å². The van der Waals surface area contributed by atoms with Crippen LogP contribution in [0, 0.1) is 0 Å². The highest BCUT2D eigenvalue weighted by atomic mass is 35.5. The van der Waals surface area contributed by atoms with Crippen LogP contribution in [0.15, 0.2) is 0 Å². The van der Waals surface area contributed by atoms with Crippen molar-refractivity contribution in [1.82, 2.24) is 15.1 Å². The van der Waals surface area contributed by atoms with Crippen LogP contribution in [-0.2, 0) is 19.5 Å². The molecular weight excluding hydrogens is 291 g/mol. The van der Waals surface area contributed by atoms with Crippen LogP contribution in [0.25, 0.3) is 0 Å². The zero-order valence-corrected chi connectivity index (χ0v) is 12.6. The Morgan fingerprint density at radius 1 is 1.25 bits per heavy atom. The van der Waals surface area contributed by atoms with E-state index in [0.29, 0.717) is 24.5 Å². The van der Waals surface area contributed by atoms with Gasteiger partial charge in [0.25, 0.3) is 0 Å². The summed E-state index contributed by atoms with van der Waals surface area (Å²) >= 11 is 6.24. The summed E-state index contributed by atoms with van der Waals surface area (Å²) in [7, 11) is 0. The number of nitrogens with one attached hydrogen (secondary N) is 1. The molecule has 0 spiro atoms. The standard InChI is InChI=1S/C13H21ClF3N3/c1-3-10-12(14)11(20(4-2)19-10)9-18-8-6-5-7-13(15,16)17/h18H,3-9H2,1-2H3. The van der Waals surface area contributed by atoms with Gasteiger partial charge in [0.2, 0.25) is 0 Å². The number of hydrogen-bond acceptors (Lipinski definition) is 2. The first kappa shape index (κ1) is 17.3. The molecular formula is C13H21ClF3N3. The van der Waals surface area contributed by atoms with Gasteiger partial charge in [-0.25, -0.2) is 0 Å². The molecule has 1 aromatic heterocycles. The highest BCUT2D eigenvalue weighted by molar-refractivity contribution is 6.31. The minimum Gasteiger partial charge on any atom is -0.311 e. The molecule has 0 aromatic carbocycles. The van der Waals surface area contributed by atoms with Crippen LogP contribution in [0.2, 0.25) is 5.02 Å². The van der Waals surface area contributed by atoms with Gasteiger partial charge in [0.15, 0.2) is 0 Å². The maximum Gasteiger partial charge on any atom is 0.389 e. The Morgan fingerprint density at radius 3 is 2.50 bits per heavy atom. The fourth-order valence-corrected chi connectivity index (χ4v) is 2.30. The number of halogens is 4. The molecule has 20 heavy (non-hydrogen) atoms. The summed E-state index contributed by atoms with van der Waals surface area (Å²) in [5, 5.41) is 8.18. The van der Waals surface area contributed by atoms with Crippen LogP contribution in [0.1, 0.15) is 44.5 Å². The second-order valence-electron chi connectivity index (χ2n) is 4.63. The molecule has 0 aliphatic carbocycles. The third kappa shape index (κ3) is 5.32. The monoisotopic (exact) mass is 311 g/mol. The van der Waals surface area contributed by atoms with Crippen molar-refractivity contribution in [1.29, 1.82) is 0 Å². The van der Waals surface area contributed by atoms with Crippen molar-refractivity contribution in [2.24, 2.45) is 0 Å². The lowest BCUT2D eigenvalue weighted by Crippen LogP contribution is -2.18. The third-order valence-corrected chi connectivity index (χ3v) is 3.49. The van der Waals surface area contributed by atoms with Crippen LogP contribution in [0.5, 0.6) is 0 Å². The zero-order chi connectivity index (χ0) is 15.2. The molecule has 0 bridgehead atoms. The summed E-state index contributed by atoms with van der Waals surface area (Å²) < 4.78 is 37.8. The predicted molar refractivity (Wildman–Crippen MR) is 73.9 cm³/mol. The zero-order valence-electron chi connectivity index (χ0n) is 11.9. The average Bonchev–Trinajstić information content (AvgIpc) is 2.68. The number of aryl methyl sites for hydroxylation is 2. The van der Waals surface area contributed by atoms with Gasteiger partial charge in [-0.2, -0.15) is 18.3 Å². The molecule has 0 saturated heterocycles. The van der Waals surface area contributed by atoms with Crippen molar-refractivity contribution in [2.75, 3.05) is 6.54 Å². The van der Waals surface area contributed by atoms with Gasteiger partial charge in [-0.05, 0) is 32.7 Å². The van der Waals surface area contributed by atoms with Crippen molar-refractivity contribution in [2.45, 2.75) is 58.8 Å². The van der Waals surface area contributed by atoms with Gasteiger partial charge in [-0.3, -0.25) is 4.68 Å². The number of unbranched alkanes of at least 4 members (excludes halogenated alkanes) is 1. The van der Waals surface area contributed by atoms with E-state index < -0.39 is 12.6 Å².